The van der Waals surface area contributed by atoms with Crippen LogP contribution in [0.2, 0.25) is 0 Å². The minimum Gasteiger partial charge on any atom is -0.434 e. The Bertz CT molecular complexity index is 483. The fraction of sp³-hybridized carbons (Fsp3) is 0.111. The van der Waals surface area contributed by atoms with Gasteiger partial charge in [-0.05, 0) is 22.0 Å². The lowest BCUT2D eigenvalue weighted by Gasteiger charge is -2.04. The first-order valence-corrected chi connectivity index (χ1v) is 5.02. The van der Waals surface area contributed by atoms with E-state index in [1.54, 1.807) is 29.3 Å². The van der Waals surface area contributed by atoms with Gasteiger partial charge < -0.3 is 10.5 Å². The highest BCUT2D eigenvalue weighted by atomic mass is 79.9. The molecule has 78 valence electrons. The number of halogens is 1. The SMILES string of the molecule is Cn1cc(Oc2ncc(Br)cc2N)cn1. The van der Waals surface area contributed by atoms with Gasteiger partial charge in [0, 0.05) is 17.7 Å². The lowest BCUT2D eigenvalue weighted by molar-refractivity contribution is 0.465. The molecule has 0 fully saturated rings. The second-order valence-corrected chi connectivity index (χ2v) is 3.92. The third-order valence-corrected chi connectivity index (χ3v) is 2.17. The van der Waals surface area contributed by atoms with Crippen LogP contribution in [-0.2, 0) is 7.05 Å². The first-order valence-electron chi connectivity index (χ1n) is 4.22. The Hall–Kier alpha value is -1.56. The average Bonchev–Trinajstić information content (AvgIpc) is 2.56. The van der Waals surface area contributed by atoms with E-state index in [4.69, 9.17) is 10.5 Å². The number of nitrogens with two attached hydrogens (primary N) is 1. The summed E-state index contributed by atoms with van der Waals surface area (Å²) in [5.74, 6) is 0.991. The number of aryl methyl sites for hydroxylation is 1. The molecule has 15 heavy (non-hydrogen) atoms. The van der Waals surface area contributed by atoms with Crippen LogP contribution in [0.4, 0.5) is 5.69 Å². The summed E-state index contributed by atoms with van der Waals surface area (Å²) in [6.45, 7) is 0. The molecular formula is C9H9BrN4O. The van der Waals surface area contributed by atoms with Gasteiger partial charge in [0.15, 0.2) is 5.75 Å². The number of nitrogen functional groups attached to an aromatic ring is 1. The molecule has 2 N–H and O–H groups in total. The highest BCUT2D eigenvalue weighted by Gasteiger charge is 2.05. The van der Waals surface area contributed by atoms with Crippen LogP contribution in [0.25, 0.3) is 0 Å². The Labute approximate surface area is 95.0 Å². The van der Waals surface area contributed by atoms with Crippen molar-refractivity contribution in [1.29, 1.82) is 0 Å². The van der Waals surface area contributed by atoms with Gasteiger partial charge in [0.25, 0.3) is 0 Å². The zero-order valence-electron chi connectivity index (χ0n) is 8.01. The normalized spacial score (nSPS) is 10.3. The zero-order valence-corrected chi connectivity index (χ0v) is 9.60. The van der Waals surface area contributed by atoms with E-state index in [1.165, 1.54) is 0 Å². The van der Waals surface area contributed by atoms with Gasteiger partial charge in [0.05, 0.1) is 18.1 Å². The monoisotopic (exact) mass is 268 g/mol. The topological polar surface area (TPSA) is 66.0 Å². The number of rotatable bonds is 2. The molecule has 0 aliphatic heterocycles. The molecule has 2 aromatic heterocycles. The van der Waals surface area contributed by atoms with E-state index in [2.05, 4.69) is 26.0 Å². The molecule has 0 aromatic carbocycles. The quantitative estimate of drug-likeness (QED) is 0.904. The Balaban J connectivity index is 2.24. The summed E-state index contributed by atoms with van der Waals surface area (Å²) in [7, 11) is 1.81. The molecule has 0 unspecified atom stereocenters. The summed E-state index contributed by atoms with van der Waals surface area (Å²) in [6.07, 6.45) is 4.97. The second-order valence-electron chi connectivity index (χ2n) is 3.00. The highest BCUT2D eigenvalue weighted by molar-refractivity contribution is 9.10. The Morgan fingerprint density at radius 2 is 2.27 bits per heavy atom. The van der Waals surface area contributed by atoms with Crippen LogP contribution in [0.3, 0.4) is 0 Å². The van der Waals surface area contributed by atoms with E-state index < -0.39 is 0 Å². The molecule has 0 saturated heterocycles. The standard InChI is InChI=1S/C9H9BrN4O/c1-14-5-7(4-13-14)15-9-8(11)2-6(10)3-12-9/h2-5H,11H2,1H3. The third-order valence-electron chi connectivity index (χ3n) is 1.74. The van der Waals surface area contributed by atoms with Gasteiger partial charge in [-0.25, -0.2) is 4.98 Å². The van der Waals surface area contributed by atoms with Gasteiger partial charge in [-0.2, -0.15) is 5.10 Å². The first-order chi connectivity index (χ1) is 7.15. The Morgan fingerprint density at radius 1 is 1.47 bits per heavy atom. The molecule has 0 amide bonds. The predicted octanol–water partition coefficient (Wildman–Crippen LogP) is 1.95. The number of anilines is 1. The van der Waals surface area contributed by atoms with Crippen LogP contribution in [0, 0.1) is 0 Å². The van der Waals surface area contributed by atoms with Gasteiger partial charge in [-0.1, -0.05) is 0 Å². The zero-order chi connectivity index (χ0) is 10.8. The summed E-state index contributed by atoms with van der Waals surface area (Å²) < 4.78 is 7.91. The number of hydrogen-bond donors (Lipinski definition) is 1. The van der Waals surface area contributed by atoms with E-state index in [9.17, 15) is 0 Å². The minimum absolute atomic E-state index is 0.381. The van der Waals surface area contributed by atoms with Gasteiger partial charge in [0.2, 0.25) is 5.88 Å². The molecule has 2 aromatic rings. The number of aromatic nitrogens is 3. The molecular weight excluding hydrogens is 260 g/mol. The number of nitrogens with zero attached hydrogens (tertiary/aromatic N) is 3. The molecule has 0 saturated carbocycles. The van der Waals surface area contributed by atoms with Crippen LogP contribution < -0.4 is 10.5 Å². The number of ether oxygens (including phenoxy) is 1. The fourth-order valence-electron chi connectivity index (χ4n) is 1.09. The lowest BCUT2D eigenvalue weighted by Crippen LogP contribution is -1.94. The summed E-state index contributed by atoms with van der Waals surface area (Å²) in [5, 5.41) is 3.97. The van der Waals surface area contributed by atoms with Gasteiger partial charge in [-0.3, -0.25) is 4.68 Å². The highest BCUT2D eigenvalue weighted by Crippen LogP contribution is 2.26. The van der Waals surface area contributed by atoms with Crippen molar-refractivity contribution in [1.82, 2.24) is 14.8 Å². The third kappa shape index (κ3) is 2.27. The van der Waals surface area contributed by atoms with Crippen molar-refractivity contribution in [2.45, 2.75) is 0 Å². The van der Waals surface area contributed by atoms with Crippen molar-refractivity contribution in [3.8, 4) is 11.6 Å². The molecule has 0 bridgehead atoms. The molecule has 0 spiro atoms. The molecule has 0 radical (unpaired) electrons. The molecule has 6 heteroatoms. The van der Waals surface area contributed by atoms with Gasteiger partial charge in [0.1, 0.15) is 0 Å². The maximum atomic E-state index is 5.73. The van der Waals surface area contributed by atoms with Crippen LogP contribution in [0.5, 0.6) is 11.6 Å². The van der Waals surface area contributed by atoms with Gasteiger partial charge in [-0.15, -0.1) is 0 Å². The van der Waals surface area contributed by atoms with E-state index in [0.29, 0.717) is 17.3 Å². The summed E-state index contributed by atoms with van der Waals surface area (Å²) in [6, 6.07) is 1.73. The smallest absolute Gasteiger partial charge is 0.242 e. The second kappa shape index (κ2) is 3.90. The van der Waals surface area contributed by atoms with Crippen molar-refractivity contribution in [2.24, 2.45) is 7.05 Å². The van der Waals surface area contributed by atoms with E-state index in [-0.39, 0.29) is 0 Å². The van der Waals surface area contributed by atoms with Crippen molar-refractivity contribution in [2.75, 3.05) is 5.73 Å². The van der Waals surface area contributed by atoms with Crippen LogP contribution in [0.1, 0.15) is 0 Å². The lowest BCUT2D eigenvalue weighted by atomic mass is 10.4. The Kier molecular flexibility index (Phi) is 2.59. The minimum atomic E-state index is 0.381. The van der Waals surface area contributed by atoms with Crippen LogP contribution in [0.15, 0.2) is 29.1 Å². The van der Waals surface area contributed by atoms with Crippen LogP contribution in [-0.4, -0.2) is 14.8 Å². The van der Waals surface area contributed by atoms with Crippen molar-refractivity contribution < 1.29 is 4.74 Å². The van der Waals surface area contributed by atoms with Crippen molar-refractivity contribution in [3.05, 3.63) is 29.1 Å². The molecule has 5 nitrogen and oxygen atoms in total. The van der Waals surface area contributed by atoms with E-state index in [1.807, 2.05) is 7.05 Å². The summed E-state index contributed by atoms with van der Waals surface area (Å²) in [5.41, 5.74) is 6.21. The number of hydrogen-bond acceptors (Lipinski definition) is 4. The van der Waals surface area contributed by atoms with Crippen LogP contribution >= 0.6 is 15.9 Å². The molecule has 0 aliphatic rings. The van der Waals surface area contributed by atoms with E-state index in [0.717, 1.165) is 4.47 Å². The van der Waals surface area contributed by atoms with E-state index >= 15 is 0 Å². The average molecular weight is 269 g/mol. The summed E-state index contributed by atoms with van der Waals surface area (Å²) in [4.78, 5) is 4.05. The maximum Gasteiger partial charge on any atom is 0.242 e. The molecule has 2 rings (SSSR count). The molecule has 2 heterocycles. The Morgan fingerprint density at radius 3 is 2.87 bits per heavy atom. The fourth-order valence-corrected chi connectivity index (χ4v) is 1.44. The van der Waals surface area contributed by atoms with Crippen molar-refractivity contribution >= 4 is 21.6 Å². The molecule has 0 aliphatic carbocycles. The van der Waals surface area contributed by atoms with Gasteiger partial charge >= 0.3 is 0 Å². The number of pyridine rings is 1. The first kappa shape index (κ1) is 9.97. The predicted molar refractivity (Wildman–Crippen MR) is 59.6 cm³/mol. The van der Waals surface area contributed by atoms with Crippen molar-refractivity contribution in [3.63, 3.8) is 0 Å². The largest absolute Gasteiger partial charge is 0.434 e. The molecule has 0 atom stereocenters. The summed E-state index contributed by atoms with van der Waals surface area (Å²) >= 11 is 3.27. The maximum absolute atomic E-state index is 5.73.